The van der Waals surface area contributed by atoms with Gasteiger partial charge in [-0.05, 0) is 43.0 Å². The number of hydrogen-bond acceptors (Lipinski definition) is 5. The van der Waals surface area contributed by atoms with Gasteiger partial charge in [-0.15, -0.1) is 5.10 Å². The van der Waals surface area contributed by atoms with Gasteiger partial charge in [-0.2, -0.15) is 9.90 Å². The second-order valence-corrected chi connectivity index (χ2v) is 6.46. The Bertz CT molecular complexity index is 741. The Balaban J connectivity index is 1.42. The zero-order chi connectivity index (χ0) is 16.7. The number of nitrogens with zero attached hydrogens (tertiary/aromatic N) is 3. The normalized spacial score (nSPS) is 26.5. The zero-order valence-corrected chi connectivity index (χ0v) is 13.2. The molecular weight excluding hydrogens is 311 g/mol. The third-order valence-electron chi connectivity index (χ3n) is 4.70. The molecular formula is C16H19FN6O. The molecule has 4 rings (SSSR count). The van der Waals surface area contributed by atoms with Gasteiger partial charge in [-0.1, -0.05) is 6.92 Å². The minimum Gasteiger partial charge on any atom is -0.334 e. The van der Waals surface area contributed by atoms with Gasteiger partial charge >= 0.3 is 0 Å². The van der Waals surface area contributed by atoms with E-state index in [-0.39, 0.29) is 23.6 Å². The number of halogens is 1. The van der Waals surface area contributed by atoms with Gasteiger partial charge in [0, 0.05) is 12.0 Å². The molecule has 2 heterocycles. The van der Waals surface area contributed by atoms with E-state index in [9.17, 15) is 9.18 Å². The molecule has 1 aromatic heterocycles. The van der Waals surface area contributed by atoms with Gasteiger partial charge in [-0.3, -0.25) is 10.2 Å². The Morgan fingerprint density at radius 1 is 1.29 bits per heavy atom. The summed E-state index contributed by atoms with van der Waals surface area (Å²) in [6.07, 6.45) is 3.76. The Morgan fingerprint density at radius 2 is 2.04 bits per heavy atom. The smallest absolute Gasteiger partial charge is 0.274 e. The highest BCUT2D eigenvalue weighted by Crippen LogP contribution is 2.37. The summed E-state index contributed by atoms with van der Waals surface area (Å²) in [5.41, 5.74) is 7.24. The van der Waals surface area contributed by atoms with Crippen LogP contribution in [0.25, 0.3) is 5.69 Å². The van der Waals surface area contributed by atoms with Crippen molar-refractivity contribution < 1.29 is 9.18 Å². The average molecular weight is 330 g/mol. The van der Waals surface area contributed by atoms with Crippen LogP contribution in [-0.2, 0) is 0 Å². The summed E-state index contributed by atoms with van der Waals surface area (Å²) in [6, 6.07) is 6.16. The van der Waals surface area contributed by atoms with Crippen molar-refractivity contribution in [2.24, 2.45) is 11.8 Å². The number of carbonyl (C=O) groups excluding carboxylic acids is 1. The highest BCUT2D eigenvalue weighted by molar-refractivity contribution is 5.92. The lowest BCUT2D eigenvalue weighted by Gasteiger charge is -2.18. The molecule has 1 aliphatic heterocycles. The van der Waals surface area contributed by atoms with Gasteiger partial charge in [0.1, 0.15) is 5.82 Å². The lowest BCUT2D eigenvalue weighted by Crippen LogP contribution is -2.46. The highest BCUT2D eigenvalue weighted by atomic mass is 19.1. The first kappa shape index (κ1) is 15.2. The van der Waals surface area contributed by atoms with Crippen LogP contribution >= 0.6 is 0 Å². The van der Waals surface area contributed by atoms with Crippen molar-refractivity contribution in [2.75, 3.05) is 0 Å². The van der Waals surface area contributed by atoms with E-state index in [4.69, 9.17) is 0 Å². The molecule has 2 aliphatic rings. The SMILES string of the molecule is CC1C(NC(=O)c2cnn(-c3ccc(F)cc3)n2)NNC1C1CC1. The summed E-state index contributed by atoms with van der Waals surface area (Å²) in [7, 11) is 0. The number of amides is 1. The number of rotatable bonds is 4. The minimum atomic E-state index is -0.331. The second kappa shape index (κ2) is 5.95. The Kier molecular flexibility index (Phi) is 3.78. The largest absolute Gasteiger partial charge is 0.334 e. The fourth-order valence-corrected chi connectivity index (χ4v) is 3.11. The Labute approximate surface area is 138 Å². The summed E-state index contributed by atoms with van der Waals surface area (Å²) < 4.78 is 13.0. The quantitative estimate of drug-likeness (QED) is 0.778. The van der Waals surface area contributed by atoms with E-state index in [1.807, 2.05) is 0 Å². The van der Waals surface area contributed by atoms with Crippen molar-refractivity contribution in [1.29, 1.82) is 0 Å². The summed E-state index contributed by atoms with van der Waals surface area (Å²) in [4.78, 5) is 13.7. The lowest BCUT2D eigenvalue weighted by atomic mass is 9.97. The van der Waals surface area contributed by atoms with E-state index < -0.39 is 0 Å². The predicted molar refractivity (Wildman–Crippen MR) is 84.5 cm³/mol. The summed E-state index contributed by atoms with van der Waals surface area (Å²) in [6.45, 7) is 2.12. The monoisotopic (exact) mass is 330 g/mol. The number of hydrogen-bond donors (Lipinski definition) is 3. The van der Waals surface area contributed by atoms with Crippen molar-refractivity contribution in [3.63, 3.8) is 0 Å². The van der Waals surface area contributed by atoms with Crippen LogP contribution in [0.4, 0.5) is 4.39 Å². The van der Waals surface area contributed by atoms with Crippen molar-refractivity contribution >= 4 is 5.91 Å². The number of benzene rings is 1. The van der Waals surface area contributed by atoms with Crippen LogP contribution in [0.15, 0.2) is 30.5 Å². The van der Waals surface area contributed by atoms with Gasteiger partial charge in [0.25, 0.3) is 5.91 Å². The highest BCUT2D eigenvalue weighted by Gasteiger charge is 2.42. The van der Waals surface area contributed by atoms with Gasteiger partial charge in [0.2, 0.25) is 0 Å². The molecule has 24 heavy (non-hydrogen) atoms. The number of aromatic nitrogens is 3. The van der Waals surface area contributed by atoms with Crippen molar-refractivity contribution in [3.8, 4) is 5.69 Å². The summed E-state index contributed by atoms with van der Waals surface area (Å²) in [5, 5.41) is 11.2. The summed E-state index contributed by atoms with van der Waals surface area (Å²) >= 11 is 0. The molecule has 8 heteroatoms. The molecule has 2 fully saturated rings. The predicted octanol–water partition coefficient (Wildman–Crippen LogP) is 0.985. The van der Waals surface area contributed by atoms with E-state index >= 15 is 0 Å². The molecule has 3 N–H and O–H groups in total. The van der Waals surface area contributed by atoms with Crippen LogP contribution in [0.3, 0.4) is 0 Å². The molecule has 1 saturated carbocycles. The van der Waals surface area contributed by atoms with E-state index in [2.05, 4.69) is 33.3 Å². The Morgan fingerprint density at radius 3 is 2.75 bits per heavy atom. The van der Waals surface area contributed by atoms with Crippen LogP contribution < -0.4 is 16.2 Å². The van der Waals surface area contributed by atoms with Gasteiger partial charge < -0.3 is 5.32 Å². The van der Waals surface area contributed by atoms with Crippen LogP contribution in [0.5, 0.6) is 0 Å². The lowest BCUT2D eigenvalue weighted by molar-refractivity contribution is 0.0917. The van der Waals surface area contributed by atoms with E-state index in [0.29, 0.717) is 23.6 Å². The molecule has 3 atom stereocenters. The molecule has 1 aromatic carbocycles. The van der Waals surface area contributed by atoms with Crippen LogP contribution in [0, 0.1) is 17.7 Å². The zero-order valence-electron chi connectivity index (χ0n) is 13.2. The molecule has 126 valence electrons. The van der Waals surface area contributed by atoms with E-state index in [0.717, 1.165) is 0 Å². The van der Waals surface area contributed by atoms with E-state index in [1.165, 1.54) is 36.0 Å². The number of nitrogens with one attached hydrogen (secondary N) is 3. The average Bonchev–Trinajstić information content (AvgIpc) is 3.18. The maximum absolute atomic E-state index is 13.0. The number of carbonyl (C=O) groups is 1. The number of hydrazine groups is 1. The molecule has 2 aromatic rings. The molecule has 0 spiro atoms. The maximum Gasteiger partial charge on any atom is 0.274 e. The standard InChI is InChI=1S/C16H19FN6O/c1-9-14(10-2-3-10)20-21-15(9)19-16(24)13-8-18-23(22-13)12-6-4-11(17)5-7-12/h4-10,14-15,20-21H,2-3H2,1H3,(H,19,24). The van der Waals surface area contributed by atoms with Crippen molar-refractivity contribution in [3.05, 3.63) is 42.0 Å². The van der Waals surface area contributed by atoms with Crippen LogP contribution in [0.2, 0.25) is 0 Å². The molecule has 1 saturated heterocycles. The first-order chi connectivity index (χ1) is 11.6. The summed E-state index contributed by atoms with van der Waals surface area (Å²) in [5.74, 6) is 0.385. The first-order valence-electron chi connectivity index (χ1n) is 8.12. The fourth-order valence-electron chi connectivity index (χ4n) is 3.11. The second-order valence-electron chi connectivity index (χ2n) is 6.46. The third kappa shape index (κ3) is 2.90. The molecule has 0 radical (unpaired) electrons. The van der Waals surface area contributed by atoms with E-state index in [1.54, 1.807) is 12.1 Å². The van der Waals surface area contributed by atoms with Gasteiger partial charge in [0.15, 0.2) is 5.69 Å². The van der Waals surface area contributed by atoms with Crippen molar-refractivity contribution in [2.45, 2.75) is 32.0 Å². The van der Waals surface area contributed by atoms with Crippen LogP contribution in [-0.4, -0.2) is 33.1 Å². The van der Waals surface area contributed by atoms with Crippen LogP contribution in [0.1, 0.15) is 30.3 Å². The Hall–Kier alpha value is -2.32. The van der Waals surface area contributed by atoms with Crippen molar-refractivity contribution in [1.82, 2.24) is 31.2 Å². The molecule has 0 bridgehead atoms. The third-order valence-corrected chi connectivity index (χ3v) is 4.70. The molecule has 1 aliphatic carbocycles. The molecule has 3 unspecified atom stereocenters. The van der Waals surface area contributed by atoms with Gasteiger partial charge in [-0.25, -0.2) is 9.82 Å². The van der Waals surface area contributed by atoms with Gasteiger partial charge in [0.05, 0.1) is 18.1 Å². The molecule has 1 amide bonds. The first-order valence-corrected chi connectivity index (χ1v) is 8.12. The fraction of sp³-hybridized carbons (Fsp3) is 0.438. The maximum atomic E-state index is 13.0. The molecule has 7 nitrogen and oxygen atoms in total. The minimum absolute atomic E-state index is 0.140. The topological polar surface area (TPSA) is 83.9 Å².